The van der Waals surface area contributed by atoms with E-state index >= 15 is 0 Å². The number of hydrogen-bond donors (Lipinski definition) is 1. The predicted octanol–water partition coefficient (Wildman–Crippen LogP) is 0.866. The summed E-state index contributed by atoms with van der Waals surface area (Å²) in [5.74, 6) is 0. The van der Waals surface area contributed by atoms with Gasteiger partial charge in [0.1, 0.15) is 12.6 Å². The van der Waals surface area contributed by atoms with Crippen LogP contribution in [0.1, 0.15) is 0 Å². The number of aliphatic hydroxyl groups excluding tert-OH is 1. The molecule has 0 aliphatic rings. The highest BCUT2D eigenvalue weighted by Gasteiger charge is 2.04. The maximum atomic E-state index is 9.56. The molecule has 0 saturated heterocycles. The van der Waals surface area contributed by atoms with Crippen LogP contribution in [0, 0.1) is 9.81 Å². The molecule has 0 unspecified atom stereocenters. The zero-order chi connectivity index (χ0) is 7.11. The van der Waals surface area contributed by atoms with Crippen molar-refractivity contribution in [3.05, 3.63) is 9.81 Å². The lowest BCUT2D eigenvalue weighted by atomic mass is 11.5. The Morgan fingerprint density at radius 1 is 1.22 bits per heavy atom. The highest BCUT2D eigenvalue weighted by atomic mass is 31.1. The van der Waals surface area contributed by atoms with Crippen LogP contribution >= 0.6 is 7.92 Å². The van der Waals surface area contributed by atoms with Crippen LogP contribution in [0.2, 0.25) is 0 Å². The molecule has 0 rings (SSSR count). The standard InChI is InChI=1S/C3H7N2O3P/c6-3-9(1-4-7)2-5-8/h6H,1-3H2. The zero-order valence-corrected chi connectivity index (χ0v) is 5.62. The Bertz CT molecular complexity index is 89.1. The molecule has 0 saturated carbocycles. The van der Waals surface area contributed by atoms with Crippen molar-refractivity contribution in [3.63, 3.8) is 0 Å². The molecule has 0 bridgehead atoms. The fraction of sp³-hybridized carbons (Fsp3) is 1.00. The molecule has 0 heterocycles. The van der Waals surface area contributed by atoms with Gasteiger partial charge in [-0.3, -0.25) is 0 Å². The summed E-state index contributed by atoms with van der Waals surface area (Å²) in [7, 11) is -0.961. The van der Waals surface area contributed by atoms with Gasteiger partial charge in [0, 0.05) is 0 Å². The van der Waals surface area contributed by atoms with Crippen LogP contribution in [0.3, 0.4) is 0 Å². The first kappa shape index (κ1) is 8.59. The topological polar surface area (TPSA) is 79.1 Å². The van der Waals surface area contributed by atoms with Crippen LogP contribution < -0.4 is 0 Å². The van der Waals surface area contributed by atoms with Gasteiger partial charge in [-0.25, -0.2) is 0 Å². The SMILES string of the molecule is O=NCP(CO)CN=O. The first-order valence-corrected chi connectivity index (χ1v) is 4.16. The normalized spacial score (nSPS) is 9.56. The van der Waals surface area contributed by atoms with E-state index in [2.05, 4.69) is 10.4 Å². The van der Waals surface area contributed by atoms with Crippen LogP contribution in [0.4, 0.5) is 0 Å². The molecular weight excluding hydrogens is 143 g/mol. The number of hydrogen-bond acceptors (Lipinski definition) is 5. The van der Waals surface area contributed by atoms with Gasteiger partial charge in [0.05, 0.1) is 6.35 Å². The Morgan fingerprint density at radius 2 is 1.67 bits per heavy atom. The summed E-state index contributed by atoms with van der Waals surface area (Å²) >= 11 is 0. The van der Waals surface area contributed by atoms with Gasteiger partial charge in [-0.15, -0.1) is 0 Å². The van der Waals surface area contributed by atoms with Crippen molar-refractivity contribution >= 4 is 7.92 Å². The average molecular weight is 150 g/mol. The molecule has 0 fully saturated rings. The number of rotatable bonds is 5. The minimum absolute atomic E-state index is 0.0254. The summed E-state index contributed by atoms with van der Waals surface area (Å²) in [6, 6.07) is 0. The fourth-order valence-electron chi connectivity index (χ4n) is 0.297. The average Bonchev–Trinajstić information content (AvgIpc) is 1.88. The summed E-state index contributed by atoms with van der Waals surface area (Å²) < 4.78 is 0. The van der Waals surface area contributed by atoms with Gasteiger partial charge >= 0.3 is 0 Å². The van der Waals surface area contributed by atoms with Crippen molar-refractivity contribution in [3.8, 4) is 0 Å². The number of nitrogens with zero attached hydrogens (tertiary/aromatic N) is 2. The van der Waals surface area contributed by atoms with Crippen LogP contribution in [-0.2, 0) is 0 Å². The molecule has 0 aromatic heterocycles. The summed E-state index contributed by atoms with van der Waals surface area (Å²) in [4.78, 5) is 19.1. The second-order valence-corrected chi connectivity index (χ2v) is 3.54. The van der Waals surface area contributed by atoms with E-state index in [-0.39, 0.29) is 18.9 Å². The first-order chi connectivity index (χ1) is 4.35. The molecule has 0 aromatic carbocycles. The molecule has 0 aliphatic carbocycles. The van der Waals surface area contributed by atoms with Crippen molar-refractivity contribution in [2.45, 2.75) is 0 Å². The molecule has 0 radical (unpaired) electrons. The summed E-state index contributed by atoms with van der Waals surface area (Å²) in [6.45, 7) is 0. The van der Waals surface area contributed by atoms with Gasteiger partial charge in [0.15, 0.2) is 0 Å². The summed E-state index contributed by atoms with van der Waals surface area (Å²) in [5, 5.41) is 13.5. The first-order valence-electron chi connectivity index (χ1n) is 2.26. The lowest BCUT2D eigenvalue weighted by Crippen LogP contribution is -1.88. The maximum absolute atomic E-state index is 9.56. The minimum Gasteiger partial charge on any atom is -0.392 e. The third-order valence-electron chi connectivity index (χ3n) is 0.715. The second-order valence-electron chi connectivity index (χ2n) is 1.35. The molecule has 6 heteroatoms. The minimum atomic E-state index is -0.961. The van der Waals surface area contributed by atoms with Crippen LogP contribution in [0.5, 0.6) is 0 Å². The maximum Gasteiger partial charge on any atom is 0.105 e. The molecular formula is C3H7N2O3P. The van der Waals surface area contributed by atoms with E-state index in [0.29, 0.717) is 0 Å². The van der Waals surface area contributed by atoms with Crippen molar-refractivity contribution in [1.29, 1.82) is 0 Å². The summed E-state index contributed by atoms with van der Waals surface area (Å²) in [6.07, 6.45) is -0.0953. The van der Waals surface area contributed by atoms with E-state index in [1.807, 2.05) is 0 Å². The van der Waals surface area contributed by atoms with E-state index in [0.717, 1.165) is 0 Å². The van der Waals surface area contributed by atoms with E-state index in [9.17, 15) is 9.81 Å². The van der Waals surface area contributed by atoms with E-state index in [1.54, 1.807) is 0 Å². The number of aliphatic hydroxyl groups is 1. The lowest BCUT2D eigenvalue weighted by molar-refractivity contribution is 0.370. The Morgan fingerprint density at radius 3 is 1.89 bits per heavy atom. The van der Waals surface area contributed by atoms with Gasteiger partial charge < -0.3 is 5.11 Å². The number of nitroso groups, excluding NO2 is 2. The Balaban J connectivity index is 3.39. The molecule has 0 atom stereocenters. The molecule has 1 N–H and O–H groups in total. The monoisotopic (exact) mass is 150 g/mol. The van der Waals surface area contributed by atoms with Gasteiger partial charge in [-0.1, -0.05) is 10.4 Å². The molecule has 52 valence electrons. The van der Waals surface area contributed by atoms with Crippen molar-refractivity contribution in [2.75, 3.05) is 18.9 Å². The highest BCUT2D eigenvalue weighted by Crippen LogP contribution is 2.33. The third kappa shape index (κ3) is 4.12. The predicted molar refractivity (Wildman–Crippen MR) is 35.3 cm³/mol. The van der Waals surface area contributed by atoms with Crippen molar-refractivity contribution < 1.29 is 5.11 Å². The Kier molecular flexibility index (Phi) is 5.46. The van der Waals surface area contributed by atoms with E-state index in [1.165, 1.54) is 0 Å². The largest absolute Gasteiger partial charge is 0.392 e. The quantitative estimate of drug-likeness (QED) is 0.466. The molecule has 0 aliphatic heterocycles. The van der Waals surface area contributed by atoms with E-state index in [4.69, 9.17) is 5.11 Å². The van der Waals surface area contributed by atoms with Crippen molar-refractivity contribution in [2.24, 2.45) is 10.4 Å². The molecule has 0 aromatic rings. The van der Waals surface area contributed by atoms with Crippen molar-refractivity contribution in [1.82, 2.24) is 0 Å². The van der Waals surface area contributed by atoms with E-state index < -0.39 is 7.92 Å². The highest BCUT2D eigenvalue weighted by molar-refractivity contribution is 7.57. The van der Waals surface area contributed by atoms with Gasteiger partial charge in [0.2, 0.25) is 0 Å². The zero-order valence-electron chi connectivity index (χ0n) is 4.73. The Labute approximate surface area is 53.2 Å². The second kappa shape index (κ2) is 5.72. The fourth-order valence-corrected chi connectivity index (χ4v) is 0.892. The molecule has 0 amide bonds. The summed E-state index contributed by atoms with van der Waals surface area (Å²) in [5.41, 5.74) is 0. The van der Waals surface area contributed by atoms with Crippen LogP contribution in [0.25, 0.3) is 0 Å². The molecule has 9 heavy (non-hydrogen) atoms. The molecule has 5 nitrogen and oxygen atoms in total. The van der Waals surface area contributed by atoms with Crippen LogP contribution in [0.15, 0.2) is 10.4 Å². The Hall–Kier alpha value is -0.410. The third-order valence-corrected chi connectivity index (χ3v) is 2.15. The molecule has 0 spiro atoms. The van der Waals surface area contributed by atoms with Crippen LogP contribution in [-0.4, -0.2) is 24.0 Å². The smallest absolute Gasteiger partial charge is 0.105 e. The lowest BCUT2D eigenvalue weighted by Gasteiger charge is -2.02. The van der Waals surface area contributed by atoms with Gasteiger partial charge in [-0.05, 0) is 7.92 Å². The van der Waals surface area contributed by atoms with Gasteiger partial charge in [0.25, 0.3) is 0 Å². The van der Waals surface area contributed by atoms with Gasteiger partial charge in [-0.2, -0.15) is 9.81 Å².